The lowest BCUT2D eigenvalue weighted by Gasteiger charge is -2.10. The largest absolute Gasteiger partial charge is 0.496 e. The van der Waals surface area contributed by atoms with Crippen LogP contribution in [0.5, 0.6) is 5.75 Å². The molecule has 2 aromatic rings. The van der Waals surface area contributed by atoms with Crippen LogP contribution in [-0.4, -0.2) is 18.0 Å². The lowest BCUT2D eigenvalue weighted by molar-refractivity contribution is 0.102. The van der Waals surface area contributed by atoms with Crippen molar-refractivity contribution in [2.24, 2.45) is 0 Å². The second-order valence-corrected chi connectivity index (χ2v) is 5.12. The Labute approximate surface area is 126 Å². The molecule has 0 aliphatic heterocycles. The summed E-state index contributed by atoms with van der Waals surface area (Å²) in [6.45, 7) is 2.04. The third-order valence-corrected chi connectivity index (χ3v) is 3.35. The van der Waals surface area contributed by atoms with Gasteiger partial charge in [-0.2, -0.15) is 0 Å². The van der Waals surface area contributed by atoms with E-state index in [0.29, 0.717) is 17.1 Å². The maximum absolute atomic E-state index is 12.3. The quantitative estimate of drug-likeness (QED) is 0.928. The summed E-state index contributed by atoms with van der Waals surface area (Å²) < 4.78 is 6.10. The predicted molar refractivity (Wildman–Crippen MR) is 82.3 cm³/mol. The molecular formula is C15H15BrN2O2. The van der Waals surface area contributed by atoms with Gasteiger partial charge in [0.05, 0.1) is 12.7 Å². The monoisotopic (exact) mass is 334 g/mol. The number of hydrogen-bond acceptors (Lipinski definition) is 3. The summed E-state index contributed by atoms with van der Waals surface area (Å²) in [5.41, 5.74) is 1.59. The van der Waals surface area contributed by atoms with E-state index in [9.17, 15) is 4.79 Å². The first-order chi connectivity index (χ1) is 9.63. The number of nitrogens with zero attached hydrogens (tertiary/aromatic N) is 1. The van der Waals surface area contributed by atoms with Gasteiger partial charge in [-0.1, -0.05) is 13.0 Å². The number of aromatic nitrogens is 1. The molecule has 0 atom stereocenters. The zero-order valence-corrected chi connectivity index (χ0v) is 12.9. The predicted octanol–water partition coefficient (Wildman–Crippen LogP) is 3.67. The van der Waals surface area contributed by atoms with Gasteiger partial charge < -0.3 is 10.1 Å². The van der Waals surface area contributed by atoms with Gasteiger partial charge in [0.2, 0.25) is 0 Å². The maximum Gasteiger partial charge on any atom is 0.260 e. The number of benzene rings is 1. The van der Waals surface area contributed by atoms with Crippen molar-refractivity contribution < 1.29 is 9.53 Å². The number of amides is 1. The normalized spacial score (nSPS) is 10.2. The van der Waals surface area contributed by atoms with Crippen LogP contribution in [0, 0.1) is 0 Å². The molecule has 0 bridgehead atoms. The molecule has 0 saturated carbocycles. The van der Waals surface area contributed by atoms with Crippen LogP contribution in [0.3, 0.4) is 0 Å². The summed E-state index contributed by atoms with van der Waals surface area (Å²) in [4.78, 5) is 16.4. The van der Waals surface area contributed by atoms with Gasteiger partial charge in [-0.3, -0.25) is 4.79 Å². The summed E-state index contributed by atoms with van der Waals surface area (Å²) in [6.07, 6.45) is 2.50. The van der Waals surface area contributed by atoms with Gasteiger partial charge in [0.15, 0.2) is 0 Å². The number of carbonyl (C=O) groups excluding carboxylic acids is 1. The highest BCUT2D eigenvalue weighted by atomic mass is 79.9. The van der Waals surface area contributed by atoms with Crippen LogP contribution in [0.4, 0.5) is 5.82 Å². The number of methoxy groups -OCH3 is 1. The Morgan fingerprint density at radius 1 is 1.35 bits per heavy atom. The molecule has 1 aromatic carbocycles. The van der Waals surface area contributed by atoms with Crippen LogP contribution < -0.4 is 10.1 Å². The third kappa shape index (κ3) is 3.36. The van der Waals surface area contributed by atoms with Gasteiger partial charge in [0, 0.05) is 10.7 Å². The molecule has 5 heteroatoms. The van der Waals surface area contributed by atoms with E-state index in [4.69, 9.17) is 4.74 Å². The minimum atomic E-state index is -0.230. The van der Waals surface area contributed by atoms with Crippen molar-refractivity contribution in [1.29, 1.82) is 0 Å². The van der Waals surface area contributed by atoms with Gasteiger partial charge in [0.25, 0.3) is 5.91 Å². The molecule has 0 aliphatic carbocycles. The van der Waals surface area contributed by atoms with Crippen LogP contribution in [0.2, 0.25) is 0 Å². The zero-order chi connectivity index (χ0) is 14.5. The second kappa shape index (κ2) is 6.52. The van der Waals surface area contributed by atoms with Gasteiger partial charge >= 0.3 is 0 Å². The van der Waals surface area contributed by atoms with Gasteiger partial charge in [-0.15, -0.1) is 0 Å². The average Bonchev–Trinajstić information content (AvgIpc) is 2.48. The van der Waals surface area contributed by atoms with E-state index in [1.54, 1.807) is 19.4 Å². The van der Waals surface area contributed by atoms with Crippen LogP contribution in [0.1, 0.15) is 22.8 Å². The molecule has 1 amide bonds. The SMILES string of the molecule is CCc1ccc(OC)c(C(=O)Nc2ccc(Br)cn2)c1. The second-order valence-electron chi connectivity index (χ2n) is 4.20. The molecule has 104 valence electrons. The summed E-state index contributed by atoms with van der Waals surface area (Å²) in [5.74, 6) is 0.825. The molecule has 20 heavy (non-hydrogen) atoms. The van der Waals surface area contributed by atoms with Crippen molar-refractivity contribution in [3.05, 3.63) is 52.1 Å². The number of aryl methyl sites for hydroxylation is 1. The molecule has 0 aliphatic rings. The van der Waals surface area contributed by atoms with Gasteiger partial charge in [-0.25, -0.2) is 4.98 Å². The van der Waals surface area contributed by atoms with Crippen LogP contribution >= 0.6 is 15.9 Å². The number of nitrogens with one attached hydrogen (secondary N) is 1. The average molecular weight is 335 g/mol. The Morgan fingerprint density at radius 2 is 2.15 bits per heavy atom. The topological polar surface area (TPSA) is 51.2 Å². The van der Waals surface area contributed by atoms with Crippen LogP contribution in [0.25, 0.3) is 0 Å². The third-order valence-electron chi connectivity index (χ3n) is 2.89. The first kappa shape index (κ1) is 14.5. The Hall–Kier alpha value is -1.88. The molecule has 0 fully saturated rings. The van der Waals surface area contributed by atoms with Gasteiger partial charge in [0.1, 0.15) is 11.6 Å². The molecule has 1 heterocycles. The fourth-order valence-electron chi connectivity index (χ4n) is 1.79. The number of anilines is 1. The van der Waals surface area contributed by atoms with E-state index in [1.807, 2.05) is 31.2 Å². The summed E-state index contributed by atoms with van der Waals surface area (Å²) >= 11 is 3.30. The van der Waals surface area contributed by atoms with E-state index in [2.05, 4.69) is 26.2 Å². The Balaban J connectivity index is 2.25. The first-order valence-corrected chi connectivity index (χ1v) is 7.03. The Bertz CT molecular complexity index is 612. The highest BCUT2D eigenvalue weighted by Gasteiger charge is 2.13. The molecule has 0 radical (unpaired) electrons. The molecule has 2 rings (SSSR count). The molecule has 4 nitrogen and oxygen atoms in total. The summed E-state index contributed by atoms with van der Waals surface area (Å²) in [5, 5.41) is 2.76. The first-order valence-electron chi connectivity index (χ1n) is 6.24. The van der Waals surface area contributed by atoms with Crippen molar-refractivity contribution in [3.8, 4) is 5.75 Å². The standard InChI is InChI=1S/C15H15BrN2O2/c1-3-10-4-6-13(20-2)12(8-10)15(19)18-14-7-5-11(16)9-17-14/h4-9H,3H2,1-2H3,(H,17,18,19). The fraction of sp³-hybridized carbons (Fsp3) is 0.200. The van der Waals surface area contributed by atoms with E-state index in [0.717, 1.165) is 16.5 Å². The van der Waals surface area contributed by atoms with Crippen LogP contribution in [-0.2, 0) is 6.42 Å². The number of rotatable bonds is 4. The van der Waals surface area contributed by atoms with E-state index in [1.165, 1.54) is 0 Å². The number of ether oxygens (including phenoxy) is 1. The molecule has 1 aromatic heterocycles. The van der Waals surface area contributed by atoms with Crippen molar-refractivity contribution in [1.82, 2.24) is 4.98 Å². The lowest BCUT2D eigenvalue weighted by Crippen LogP contribution is -2.14. The molecule has 1 N–H and O–H groups in total. The molecule has 0 unspecified atom stereocenters. The van der Waals surface area contributed by atoms with E-state index >= 15 is 0 Å². The summed E-state index contributed by atoms with van der Waals surface area (Å²) in [6, 6.07) is 9.16. The zero-order valence-electron chi connectivity index (χ0n) is 11.3. The number of hydrogen-bond donors (Lipinski definition) is 1. The van der Waals surface area contributed by atoms with E-state index in [-0.39, 0.29) is 5.91 Å². The lowest BCUT2D eigenvalue weighted by atomic mass is 10.1. The number of pyridine rings is 1. The number of carbonyl (C=O) groups is 1. The van der Waals surface area contributed by atoms with Crippen LogP contribution in [0.15, 0.2) is 41.0 Å². The van der Waals surface area contributed by atoms with E-state index < -0.39 is 0 Å². The molecular weight excluding hydrogens is 320 g/mol. The minimum Gasteiger partial charge on any atom is -0.496 e. The van der Waals surface area contributed by atoms with Crippen molar-refractivity contribution in [2.45, 2.75) is 13.3 Å². The highest BCUT2D eigenvalue weighted by Crippen LogP contribution is 2.21. The van der Waals surface area contributed by atoms with Crippen molar-refractivity contribution in [3.63, 3.8) is 0 Å². The number of halogens is 1. The molecule has 0 spiro atoms. The maximum atomic E-state index is 12.3. The fourth-order valence-corrected chi connectivity index (χ4v) is 2.02. The van der Waals surface area contributed by atoms with Gasteiger partial charge in [-0.05, 0) is 52.2 Å². The van der Waals surface area contributed by atoms with Crippen molar-refractivity contribution >= 4 is 27.7 Å². The molecule has 0 saturated heterocycles. The highest BCUT2D eigenvalue weighted by molar-refractivity contribution is 9.10. The summed E-state index contributed by atoms with van der Waals surface area (Å²) in [7, 11) is 1.55. The Kier molecular flexibility index (Phi) is 4.74. The Morgan fingerprint density at radius 3 is 2.75 bits per heavy atom. The minimum absolute atomic E-state index is 0.230. The smallest absolute Gasteiger partial charge is 0.260 e. The van der Waals surface area contributed by atoms with Crippen molar-refractivity contribution in [2.75, 3.05) is 12.4 Å².